The normalized spacial score (nSPS) is 12.6. The first-order valence-electron chi connectivity index (χ1n) is 11.1. The van der Waals surface area contributed by atoms with Crippen molar-refractivity contribution in [1.82, 2.24) is 4.90 Å². The zero-order valence-corrected chi connectivity index (χ0v) is 19.8. The average molecular weight is 449 g/mol. The first-order valence-corrected chi connectivity index (χ1v) is 11.1. The van der Waals surface area contributed by atoms with E-state index in [0.29, 0.717) is 30.8 Å². The predicted molar refractivity (Wildman–Crippen MR) is 124 cm³/mol. The van der Waals surface area contributed by atoms with Gasteiger partial charge in [0.2, 0.25) is 0 Å². The number of hydrogen-bond donors (Lipinski definition) is 2. The summed E-state index contributed by atoms with van der Waals surface area (Å²) in [5, 5.41) is 24.1. The Morgan fingerprint density at radius 1 is 1.16 bits per heavy atom. The Balaban J connectivity index is 2.88. The molecule has 0 aliphatic rings. The number of phenols is 2. The second-order valence-electron chi connectivity index (χ2n) is 7.55. The Bertz CT molecular complexity index is 815. The lowest BCUT2D eigenvalue weighted by Gasteiger charge is -2.17. The highest BCUT2D eigenvalue weighted by molar-refractivity contribution is 5.97. The quantitative estimate of drug-likeness (QED) is 0.203. The highest BCUT2D eigenvalue weighted by atomic mass is 16.6. The van der Waals surface area contributed by atoms with Crippen molar-refractivity contribution in [2.75, 3.05) is 19.7 Å². The molecule has 1 aromatic carbocycles. The Hall–Kier alpha value is -3.03. The van der Waals surface area contributed by atoms with Crippen LogP contribution in [0.4, 0.5) is 0 Å². The van der Waals surface area contributed by atoms with E-state index in [9.17, 15) is 19.8 Å². The molecule has 1 amide bonds. The zero-order chi connectivity index (χ0) is 24.1. The third kappa shape index (κ3) is 8.99. The van der Waals surface area contributed by atoms with Gasteiger partial charge in [-0.2, -0.15) is 0 Å². The number of allylic oxidation sites excluding steroid dienone is 1. The van der Waals surface area contributed by atoms with Crippen molar-refractivity contribution in [3.05, 3.63) is 35.4 Å². The number of phenolic OH excluding ortho intramolecular Hbond substituents is 2. The molecule has 0 fully saturated rings. The summed E-state index contributed by atoms with van der Waals surface area (Å²) in [6.07, 6.45) is 6.33. The minimum atomic E-state index is -0.681. The van der Waals surface area contributed by atoms with E-state index >= 15 is 0 Å². The van der Waals surface area contributed by atoms with E-state index in [4.69, 9.17) is 9.57 Å². The van der Waals surface area contributed by atoms with Gasteiger partial charge in [-0.15, -0.1) is 0 Å². The number of benzene rings is 1. The number of esters is 1. The molecule has 32 heavy (non-hydrogen) atoms. The maximum Gasteiger partial charge on any atom is 0.342 e. The molecule has 0 saturated heterocycles. The lowest BCUT2D eigenvalue weighted by molar-refractivity contribution is -0.135. The number of rotatable bonds is 13. The summed E-state index contributed by atoms with van der Waals surface area (Å²) in [6.45, 7) is 10.3. The number of carbonyl (C=O) groups is 2. The molecule has 0 spiro atoms. The third-order valence-corrected chi connectivity index (χ3v) is 4.76. The van der Waals surface area contributed by atoms with Crippen LogP contribution in [-0.2, 0) is 20.8 Å². The summed E-state index contributed by atoms with van der Waals surface area (Å²) in [7, 11) is 0. The van der Waals surface area contributed by atoms with E-state index in [1.807, 2.05) is 26.0 Å². The van der Waals surface area contributed by atoms with Gasteiger partial charge in [-0.05, 0) is 45.7 Å². The van der Waals surface area contributed by atoms with Crippen LogP contribution < -0.4 is 0 Å². The van der Waals surface area contributed by atoms with Crippen molar-refractivity contribution in [1.29, 1.82) is 0 Å². The molecule has 0 radical (unpaired) electrons. The fourth-order valence-electron chi connectivity index (χ4n) is 3.08. The van der Waals surface area contributed by atoms with Crippen molar-refractivity contribution in [3.63, 3.8) is 0 Å². The van der Waals surface area contributed by atoms with Crippen LogP contribution in [0.5, 0.6) is 11.5 Å². The van der Waals surface area contributed by atoms with Crippen molar-refractivity contribution in [2.24, 2.45) is 5.16 Å². The molecule has 2 N–H and O–H groups in total. The molecule has 0 aliphatic carbocycles. The lowest BCUT2D eigenvalue weighted by atomic mass is 10.0. The van der Waals surface area contributed by atoms with E-state index in [1.54, 1.807) is 18.7 Å². The lowest BCUT2D eigenvalue weighted by Crippen LogP contribution is -2.33. The number of nitrogens with zero attached hydrogens (tertiary/aromatic N) is 2. The molecule has 0 aliphatic heterocycles. The van der Waals surface area contributed by atoms with Crippen molar-refractivity contribution >= 4 is 17.6 Å². The van der Waals surface area contributed by atoms with E-state index in [-0.39, 0.29) is 42.1 Å². The van der Waals surface area contributed by atoms with Gasteiger partial charge in [0.25, 0.3) is 5.91 Å². The number of hydrogen-bond acceptors (Lipinski definition) is 7. The second kappa shape index (κ2) is 14.1. The topological polar surface area (TPSA) is 109 Å². The van der Waals surface area contributed by atoms with Gasteiger partial charge in [-0.1, -0.05) is 30.7 Å². The molecule has 0 bridgehead atoms. The number of amides is 1. The molecule has 0 unspecified atom stereocenters. The monoisotopic (exact) mass is 448 g/mol. The van der Waals surface area contributed by atoms with Gasteiger partial charge in [0.15, 0.2) is 6.61 Å². The first-order chi connectivity index (χ1) is 15.2. The Morgan fingerprint density at radius 2 is 1.84 bits per heavy atom. The van der Waals surface area contributed by atoms with Crippen LogP contribution in [0.15, 0.2) is 29.4 Å². The summed E-state index contributed by atoms with van der Waals surface area (Å²) in [5.74, 6) is -1.41. The molecule has 1 aromatic rings. The van der Waals surface area contributed by atoms with Crippen LogP contribution in [0.2, 0.25) is 0 Å². The zero-order valence-electron chi connectivity index (χ0n) is 19.8. The van der Waals surface area contributed by atoms with E-state index < -0.39 is 5.97 Å². The molecule has 8 nitrogen and oxygen atoms in total. The van der Waals surface area contributed by atoms with Gasteiger partial charge in [-0.25, -0.2) is 4.79 Å². The van der Waals surface area contributed by atoms with Gasteiger partial charge in [0, 0.05) is 32.0 Å². The summed E-state index contributed by atoms with van der Waals surface area (Å²) >= 11 is 0. The molecular weight excluding hydrogens is 412 g/mol. The molecule has 178 valence electrons. The van der Waals surface area contributed by atoms with E-state index in [0.717, 1.165) is 18.9 Å². The number of likely N-dealkylation sites (N-methyl/N-ethyl adjacent to an activating group) is 1. The second-order valence-corrected chi connectivity index (χ2v) is 7.55. The van der Waals surface area contributed by atoms with Gasteiger partial charge in [-0.3, -0.25) is 4.79 Å². The molecule has 0 heterocycles. The van der Waals surface area contributed by atoms with Crippen LogP contribution in [-0.4, -0.2) is 58.5 Å². The first kappa shape index (κ1) is 27.0. The van der Waals surface area contributed by atoms with Crippen LogP contribution in [0, 0.1) is 0 Å². The summed E-state index contributed by atoms with van der Waals surface area (Å²) < 4.78 is 5.47. The standard InChI is InChI=1S/C24H36N2O6/c1-6-9-10-11-12-18(5)32-24(30)23-19(14-20(27)15-21(23)28)13-17(4)25-31-16-22(29)26(7-2)8-3/h10-11,14-15,18,27-28H,6-9,12-13,16H2,1-5H3/b11-10+,25-17+/t18-/m1/s1. The smallest absolute Gasteiger partial charge is 0.342 e. The maximum absolute atomic E-state index is 12.7. The van der Waals surface area contributed by atoms with E-state index in [2.05, 4.69) is 12.1 Å². The molecule has 0 saturated carbocycles. The van der Waals surface area contributed by atoms with Gasteiger partial charge < -0.3 is 24.7 Å². The SMILES string of the molecule is CCC/C=C/C[C@@H](C)OC(=O)c1c(O)cc(O)cc1C/C(C)=N/OCC(=O)N(CC)CC. The van der Waals surface area contributed by atoms with Crippen molar-refractivity contribution in [3.8, 4) is 11.5 Å². The average Bonchev–Trinajstić information content (AvgIpc) is 2.71. The van der Waals surface area contributed by atoms with Gasteiger partial charge in [0.1, 0.15) is 23.2 Å². The third-order valence-electron chi connectivity index (χ3n) is 4.76. The van der Waals surface area contributed by atoms with Crippen molar-refractivity contribution in [2.45, 2.75) is 66.4 Å². The Labute approximate surface area is 190 Å². The number of carbonyl (C=O) groups excluding carboxylic acids is 2. The summed E-state index contributed by atoms with van der Waals surface area (Å²) in [6, 6.07) is 2.47. The molecule has 1 atom stereocenters. The molecule has 0 aromatic heterocycles. The molecule has 1 rings (SSSR count). The molecule has 8 heteroatoms. The molecular formula is C24H36N2O6. The van der Waals surface area contributed by atoms with Gasteiger partial charge >= 0.3 is 5.97 Å². The number of ether oxygens (including phenoxy) is 1. The Morgan fingerprint density at radius 3 is 2.47 bits per heavy atom. The Kier molecular flexibility index (Phi) is 11.9. The minimum Gasteiger partial charge on any atom is -0.508 e. The minimum absolute atomic E-state index is 0.0269. The summed E-state index contributed by atoms with van der Waals surface area (Å²) in [4.78, 5) is 31.5. The predicted octanol–water partition coefficient (Wildman–Crippen LogP) is 4.19. The maximum atomic E-state index is 12.7. The van der Waals surface area contributed by atoms with Gasteiger partial charge in [0.05, 0.1) is 5.71 Å². The fourth-order valence-corrected chi connectivity index (χ4v) is 3.08. The van der Waals surface area contributed by atoms with Crippen LogP contribution in [0.25, 0.3) is 0 Å². The number of aromatic hydroxyl groups is 2. The number of oxime groups is 1. The van der Waals surface area contributed by atoms with Crippen LogP contribution in [0.3, 0.4) is 0 Å². The van der Waals surface area contributed by atoms with Crippen molar-refractivity contribution < 1.29 is 29.4 Å². The van der Waals surface area contributed by atoms with Crippen LogP contribution in [0.1, 0.15) is 69.8 Å². The van der Waals surface area contributed by atoms with Crippen LogP contribution >= 0.6 is 0 Å². The largest absolute Gasteiger partial charge is 0.508 e. The number of unbranched alkanes of at least 4 members (excludes halogenated alkanes) is 1. The van der Waals surface area contributed by atoms with E-state index in [1.165, 1.54) is 6.07 Å². The highest BCUT2D eigenvalue weighted by Crippen LogP contribution is 2.29. The fraction of sp³-hybridized carbons (Fsp3) is 0.542. The summed E-state index contributed by atoms with van der Waals surface area (Å²) in [5.41, 5.74) is 0.786. The highest BCUT2D eigenvalue weighted by Gasteiger charge is 2.22.